The standard InChI is InChI=1S/C29H23ClFN7O/c30-26-22-15-33-29(35-18-13-11-17(12-14-18)34-28(32)38-27(39)16-9-10-16)37-25(22)20-6-2-1-5-19(20)24(36-26)21-7-3-4-8-23(21)31/h1-8,11-16,26H,9-10H2,(H,33,35,37)(H3,32,34,38,39). The van der Waals surface area contributed by atoms with Crippen LogP contribution in [0, 0.1) is 17.1 Å². The van der Waals surface area contributed by atoms with E-state index >= 15 is 0 Å². The minimum atomic E-state index is -0.808. The van der Waals surface area contributed by atoms with Gasteiger partial charge in [0.1, 0.15) is 5.82 Å². The van der Waals surface area contributed by atoms with Gasteiger partial charge < -0.3 is 10.6 Å². The number of carbonyl (C=O) groups excluding carboxylic acids is 1. The number of anilines is 3. The number of hydrogen-bond donors (Lipinski definition) is 4. The number of amides is 1. The number of alkyl halides is 1. The molecule has 4 aromatic rings. The van der Waals surface area contributed by atoms with Crippen molar-refractivity contribution in [1.29, 1.82) is 5.41 Å². The molecule has 1 aliphatic heterocycles. The van der Waals surface area contributed by atoms with Crippen LogP contribution >= 0.6 is 11.6 Å². The maximum Gasteiger partial charge on any atom is 0.229 e. The molecule has 1 aromatic heterocycles. The van der Waals surface area contributed by atoms with Crippen molar-refractivity contribution >= 4 is 46.5 Å². The molecule has 10 heteroatoms. The Bertz CT molecular complexity index is 1620. The first-order chi connectivity index (χ1) is 19.0. The van der Waals surface area contributed by atoms with Gasteiger partial charge in [-0.25, -0.2) is 14.4 Å². The van der Waals surface area contributed by atoms with Crippen molar-refractivity contribution in [2.75, 3.05) is 10.6 Å². The Morgan fingerprint density at radius 2 is 1.59 bits per heavy atom. The van der Waals surface area contributed by atoms with Crippen LogP contribution in [-0.4, -0.2) is 27.5 Å². The third-order valence-electron chi connectivity index (χ3n) is 6.49. The Balaban J connectivity index is 1.25. The molecule has 1 amide bonds. The van der Waals surface area contributed by atoms with Gasteiger partial charge in [-0.1, -0.05) is 48.0 Å². The predicted molar refractivity (Wildman–Crippen MR) is 150 cm³/mol. The summed E-state index contributed by atoms with van der Waals surface area (Å²) in [5, 5.41) is 16.6. The SMILES string of the molecule is N=C(NC(=O)C1CC1)Nc1ccc(Nc2ncc3c(n2)-c2ccccc2C(c2ccccc2F)=NC3Cl)cc1. The predicted octanol–water partition coefficient (Wildman–Crippen LogP) is 5.99. The number of carbonyl (C=O) groups is 1. The van der Waals surface area contributed by atoms with Crippen LogP contribution in [-0.2, 0) is 4.79 Å². The van der Waals surface area contributed by atoms with Crippen LogP contribution in [0.4, 0.5) is 21.7 Å². The molecule has 6 rings (SSSR count). The average molecular weight is 540 g/mol. The van der Waals surface area contributed by atoms with Gasteiger partial charge in [-0.05, 0) is 49.2 Å². The minimum absolute atomic E-state index is 0.0262. The molecular weight excluding hydrogens is 517 g/mol. The highest BCUT2D eigenvalue weighted by Crippen LogP contribution is 2.38. The fourth-order valence-corrected chi connectivity index (χ4v) is 4.63. The van der Waals surface area contributed by atoms with E-state index in [1.54, 1.807) is 36.5 Å². The molecule has 1 aliphatic carbocycles. The Morgan fingerprint density at radius 3 is 2.31 bits per heavy atom. The first-order valence-electron chi connectivity index (χ1n) is 12.4. The molecule has 1 saturated carbocycles. The number of guanidine groups is 1. The Labute approximate surface area is 228 Å². The fraction of sp³-hybridized carbons (Fsp3) is 0.138. The van der Waals surface area contributed by atoms with Crippen LogP contribution in [0.2, 0.25) is 0 Å². The van der Waals surface area contributed by atoms with E-state index < -0.39 is 5.50 Å². The van der Waals surface area contributed by atoms with E-state index in [9.17, 15) is 9.18 Å². The summed E-state index contributed by atoms with van der Waals surface area (Å²) < 4.78 is 14.8. The second kappa shape index (κ2) is 10.3. The van der Waals surface area contributed by atoms with Gasteiger partial charge in [-0.15, -0.1) is 0 Å². The lowest BCUT2D eigenvalue weighted by Crippen LogP contribution is -2.35. The number of nitrogens with one attached hydrogen (secondary N) is 4. The monoisotopic (exact) mass is 539 g/mol. The second-order valence-electron chi connectivity index (χ2n) is 9.30. The minimum Gasteiger partial charge on any atom is -0.326 e. The first-order valence-corrected chi connectivity index (χ1v) is 12.9. The molecule has 2 aliphatic rings. The average Bonchev–Trinajstić information content (AvgIpc) is 3.79. The number of aromatic nitrogens is 2. The smallest absolute Gasteiger partial charge is 0.229 e. The van der Waals surface area contributed by atoms with Crippen LogP contribution < -0.4 is 16.0 Å². The van der Waals surface area contributed by atoms with Gasteiger partial charge in [0, 0.05) is 45.7 Å². The number of hydrogen-bond acceptors (Lipinski definition) is 6. The van der Waals surface area contributed by atoms with E-state index in [1.165, 1.54) is 6.07 Å². The lowest BCUT2D eigenvalue weighted by Gasteiger charge is -2.13. The summed E-state index contributed by atoms with van der Waals surface area (Å²) >= 11 is 6.70. The Kier molecular flexibility index (Phi) is 6.50. The molecule has 4 N–H and O–H groups in total. The van der Waals surface area contributed by atoms with E-state index in [-0.39, 0.29) is 23.6 Å². The van der Waals surface area contributed by atoms with E-state index in [1.807, 2.05) is 36.4 Å². The van der Waals surface area contributed by atoms with Gasteiger partial charge in [0.05, 0.1) is 11.4 Å². The van der Waals surface area contributed by atoms with Crippen LogP contribution in [0.15, 0.2) is 84.0 Å². The summed E-state index contributed by atoms with van der Waals surface area (Å²) in [4.78, 5) is 25.7. The summed E-state index contributed by atoms with van der Waals surface area (Å²) in [7, 11) is 0. The molecule has 2 heterocycles. The molecule has 0 saturated heterocycles. The van der Waals surface area contributed by atoms with Crippen molar-refractivity contribution in [3.8, 4) is 11.3 Å². The van der Waals surface area contributed by atoms with Gasteiger partial charge in [0.25, 0.3) is 0 Å². The molecule has 1 fully saturated rings. The normalized spacial score (nSPS) is 15.7. The number of rotatable bonds is 5. The van der Waals surface area contributed by atoms with Crippen molar-refractivity contribution in [3.63, 3.8) is 0 Å². The van der Waals surface area contributed by atoms with E-state index in [2.05, 4.69) is 25.9 Å². The fourth-order valence-electron chi connectivity index (χ4n) is 4.37. The summed E-state index contributed by atoms with van der Waals surface area (Å²) in [6.45, 7) is 0. The van der Waals surface area contributed by atoms with Crippen LogP contribution in [0.1, 0.15) is 35.0 Å². The third-order valence-corrected chi connectivity index (χ3v) is 6.82. The zero-order valence-electron chi connectivity index (χ0n) is 20.6. The molecule has 0 radical (unpaired) electrons. The van der Waals surface area contributed by atoms with Crippen molar-refractivity contribution < 1.29 is 9.18 Å². The van der Waals surface area contributed by atoms with Gasteiger partial charge in [0.2, 0.25) is 11.9 Å². The quantitative estimate of drug-likeness (QED) is 0.108. The second-order valence-corrected chi connectivity index (χ2v) is 9.72. The highest BCUT2D eigenvalue weighted by atomic mass is 35.5. The lowest BCUT2D eigenvalue weighted by molar-refractivity contribution is -0.120. The molecule has 194 valence electrons. The number of halogens is 2. The van der Waals surface area contributed by atoms with Crippen molar-refractivity contribution in [2.24, 2.45) is 10.9 Å². The maximum absolute atomic E-state index is 14.8. The molecule has 8 nitrogen and oxygen atoms in total. The third kappa shape index (κ3) is 5.21. The van der Waals surface area contributed by atoms with Crippen molar-refractivity contribution in [3.05, 3.63) is 102 Å². The van der Waals surface area contributed by atoms with Gasteiger partial charge in [0.15, 0.2) is 11.5 Å². The molecule has 1 atom stereocenters. The molecule has 0 spiro atoms. The van der Waals surface area contributed by atoms with E-state index in [4.69, 9.17) is 22.0 Å². The molecule has 3 aromatic carbocycles. The molecule has 0 bridgehead atoms. The topological polar surface area (TPSA) is 115 Å². The maximum atomic E-state index is 14.8. The van der Waals surface area contributed by atoms with Gasteiger partial charge in [-0.2, -0.15) is 0 Å². The number of aliphatic imine (C=N–C) groups is 1. The van der Waals surface area contributed by atoms with Crippen LogP contribution in [0.25, 0.3) is 11.3 Å². The highest BCUT2D eigenvalue weighted by molar-refractivity contribution is 6.25. The van der Waals surface area contributed by atoms with Crippen molar-refractivity contribution in [2.45, 2.75) is 18.3 Å². The molecule has 39 heavy (non-hydrogen) atoms. The summed E-state index contributed by atoms with van der Waals surface area (Å²) in [5.74, 6) is -0.191. The number of nitrogens with zero attached hydrogens (tertiary/aromatic N) is 3. The number of benzene rings is 3. The largest absolute Gasteiger partial charge is 0.326 e. The highest BCUT2D eigenvalue weighted by Gasteiger charge is 2.30. The van der Waals surface area contributed by atoms with Crippen molar-refractivity contribution in [1.82, 2.24) is 15.3 Å². The van der Waals surface area contributed by atoms with Gasteiger partial charge >= 0.3 is 0 Å². The van der Waals surface area contributed by atoms with Crippen LogP contribution in [0.3, 0.4) is 0 Å². The summed E-state index contributed by atoms with van der Waals surface area (Å²) in [5.41, 5.74) is 4.11. The van der Waals surface area contributed by atoms with E-state index in [0.29, 0.717) is 34.2 Å². The Morgan fingerprint density at radius 1 is 0.923 bits per heavy atom. The number of fused-ring (bicyclic) bond motifs is 3. The molecule has 1 unspecified atom stereocenters. The van der Waals surface area contributed by atoms with Crippen LogP contribution in [0.5, 0.6) is 0 Å². The Hall–Kier alpha value is -4.63. The summed E-state index contributed by atoms with van der Waals surface area (Å²) in [6, 6.07) is 21.2. The van der Waals surface area contributed by atoms with Gasteiger partial charge in [-0.3, -0.25) is 20.5 Å². The van der Waals surface area contributed by atoms with E-state index in [0.717, 1.165) is 29.7 Å². The zero-order chi connectivity index (χ0) is 26.9. The zero-order valence-corrected chi connectivity index (χ0v) is 21.3. The first kappa shape index (κ1) is 24.7. The summed E-state index contributed by atoms with van der Waals surface area (Å²) in [6.07, 6.45) is 3.38. The molecular formula is C29H23ClFN7O. The lowest BCUT2D eigenvalue weighted by atomic mass is 9.95.